The van der Waals surface area contributed by atoms with Crippen LogP contribution in [0.15, 0.2) is 45.7 Å². The van der Waals surface area contributed by atoms with Crippen molar-refractivity contribution in [3.8, 4) is 11.5 Å². The van der Waals surface area contributed by atoms with Gasteiger partial charge in [0.25, 0.3) is 0 Å². The molecule has 0 radical (unpaired) electrons. The second kappa shape index (κ2) is 7.98. The average molecular weight is 397 g/mol. The first-order chi connectivity index (χ1) is 14.1. The summed E-state index contributed by atoms with van der Waals surface area (Å²) in [6.07, 6.45) is 3.31. The van der Waals surface area contributed by atoms with E-state index in [1.807, 2.05) is 17.0 Å². The lowest BCUT2D eigenvalue weighted by Crippen LogP contribution is -2.41. The number of oxazole rings is 1. The van der Waals surface area contributed by atoms with Gasteiger partial charge in [-0.2, -0.15) is 0 Å². The highest BCUT2D eigenvalue weighted by Crippen LogP contribution is 2.29. The molecule has 0 unspecified atom stereocenters. The maximum atomic E-state index is 12.7. The minimum atomic E-state index is -0.395. The fourth-order valence-electron chi connectivity index (χ4n) is 3.84. The summed E-state index contributed by atoms with van der Waals surface area (Å²) >= 11 is 0. The van der Waals surface area contributed by atoms with Crippen LogP contribution in [0.1, 0.15) is 24.4 Å². The third-order valence-electron chi connectivity index (χ3n) is 5.36. The van der Waals surface area contributed by atoms with Gasteiger partial charge in [-0.15, -0.1) is 0 Å². The topological polar surface area (TPSA) is 86.8 Å². The highest BCUT2D eigenvalue weighted by atomic mass is 16.5. The van der Waals surface area contributed by atoms with Crippen molar-refractivity contribution in [1.82, 2.24) is 14.5 Å². The predicted molar refractivity (Wildman–Crippen MR) is 106 cm³/mol. The molecular weight excluding hydrogens is 374 g/mol. The van der Waals surface area contributed by atoms with E-state index in [-0.39, 0.29) is 11.9 Å². The van der Waals surface area contributed by atoms with E-state index in [0.29, 0.717) is 55.1 Å². The van der Waals surface area contributed by atoms with Crippen molar-refractivity contribution in [3.05, 3.63) is 52.6 Å². The van der Waals surface area contributed by atoms with E-state index in [9.17, 15) is 9.59 Å². The van der Waals surface area contributed by atoms with Crippen LogP contribution in [-0.4, -0.2) is 47.7 Å². The minimum absolute atomic E-state index is 0.0243. The number of fused-ring (bicyclic) bond motifs is 1. The molecule has 1 saturated heterocycles. The Labute approximate surface area is 167 Å². The third kappa shape index (κ3) is 3.70. The van der Waals surface area contributed by atoms with Crippen molar-refractivity contribution in [1.29, 1.82) is 0 Å². The number of amides is 1. The summed E-state index contributed by atoms with van der Waals surface area (Å²) in [6, 6.07) is 8.95. The molecule has 29 heavy (non-hydrogen) atoms. The molecule has 1 aliphatic heterocycles. The van der Waals surface area contributed by atoms with Crippen molar-refractivity contribution in [2.24, 2.45) is 0 Å². The number of likely N-dealkylation sites (tertiary alicyclic amines) is 1. The lowest BCUT2D eigenvalue weighted by atomic mass is 10.0. The Morgan fingerprint density at radius 1 is 1.17 bits per heavy atom. The van der Waals surface area contributed by atoms with E-state index in [4.69, 9.17) is 13.9 Å². The van der Waals surface area contributed by atoms with Crippen LogP contribution in [0.5, 0.6) is 11.5 Å². The predicted octanol–water partition coefficient (Wildman–Crippen LogP) is 2.41. The Bertz CT molecular complexity index is 1080. The zero-order chi connectivity index (χ0) is 20.4. The third-order valence-corrected chi connectivity index (χ3v) is 5.36. The summed E-state index contributed by atoms with van der Waals surface area (Å²) in [4.78, 5) is 31.1. The van der Waals surface area contributed by atoms with Gasteiger partial charge in [0.15, 0.2) is 22.7 Å². The maximum absolute atomic E-state index is 12.7. The van der Waals surface area contributed by atoms with E-state index in [2.05, 4.69) is 4.98 Å². The zero-order valence-electron chi connectivity index (χ0n) is 16.5. The van der Waals surface area contributed by atoms with Gasteiger partial charge in [0.2, 0.25) is 5.91 Å². The number of carbonyl (C=O) groups is 1. The number of methoxy groups -OCH3 is 2. The molecule has 1 amide bonds. The molecule has 4 rings (SSSR count). The summed E-state index contributed by atoms with van der Waals surface area (Å²) in [6.45, 7) is 1.17. The largest absolute Gasteiger partial charge is 0.493 e. The normalized spacial score (nSPS) is 14.9. The molecule has 0 spiro atoms. The number of nitrogens with zero attached hydrogens (tertiary/aromatic N) is 3. The van der Waals surface area contributed by atoms with E-state index >= 15 is 0 Å². The quantitative estimate of drug-likeness (QED) is 0.657. The average Bonchev–Trinajstić information content (AvgIpc) is 3.09. The summed E-state index contributed by atoms with van der Waals surface area (Å²) < 4.78 is 17.5. The molecule has 8 heteroatoms. The molecule has 0 bridgehead atoms. The van der Waals surface area contributed by atoms with Gasteiger partial charge in [-0.05, 0) is 42.7 Å². The molecule has 3 aromatic rings. The number of benzene rings is 1. The second-order valence-electron chi connectivity index (χ2n) is 7.04. The molecule has 0 N–H and O–H groups in total. The molecule has 3 heterocycles. The van der Waals surface area contributed by atoms with E-state index < -0.39 is 5.76 Å². The first kappa shape index (κ1) is 19.0. The summed E-state index contributed by atoms with van der Waals surface area (Å²) in [5.41, 5.74) is 1.92. The molecule has 0 atom stereocenters. The molecular formula is C21H23N3O5. The Balaban J connectivity index is 1.42. The van der Waals surface area contributed by atoms with Crippen LogP contribution in [0.2, 0.25) is 0 Å². The number of hydrogen-bond acceptors (Lipinski definition) is 6. The van der Waals surface area contributed by atoms with Gasteiger partial charge in [0, 0.05) is 25.3 Å². The molecule has 1 aliphatic rings. The number of hydrogen-bond donors (Lipinski definition) is 0. The Kier molecular flexibility index (Phi) is 5.24. The van der Waals surface area contributed by atoms with Crippen molar-refractivity contribution in [2.45, 2.75) is 25.3 Å². The number of carbonyl (C=O) groups excluding carboxylic acids is 1. The standard InChI is InChI=1S/C21H23N3O5/c1-27-16-6-5-14(12-18(16)28-2)13-19(25)23-10-7-15(8-11-23)24-20-17(29-21(24)26)4-3-9-22-20/h3-6,9,12,15H,7-8,10-11,13H2,1-2H3. The monoisotopic (exact) mass is 397 g/mol. The van der Waals surface area contributed by atoms with Gasteiger partial charge in [-0.3, -0.25) is 9.36 Å². The van der Waals surface area contributed by atoms with E-state index in [0.717, 1.165) is 5.56 Å². The Morgan fingerprint density at radius 2 is 1.93 bits per heavy atom. The molecule has 8 nitrogen and oxygen atoms in total. The van der Waals surface area contributed by atoms with Gasteiger partial charge < -0.3 is 18.8 Å². The number of aromatic nitrogens is 2. The fourth-order valence-corrected chi connectivity index (χ4v) is 3.84. The highest BCUT2D eigenvalue weighted by Gasteiger charge is 2.27. The number of ether oxygens (including phenoxy) is 2. The highest BCUT2D eigenvalue weighted by molar-refractivity contribution is 5.79. The fraction of sp³-hybridized carbons (Fsp3) is 0.381. The maximum Gasteiger partial charge on any atom is 0.421 e. The van der Waals surface area contributed by atoms with Crippen LogP contribution >= 0.6 is 0 Å². The first-order valence-corrected chi connectivity index (χ1v) is 9.55. The lowest BCUT2D eigenvalue weighted by Gasteiger charge is -2.32. The Morgan fingerprint density at radius 3 is 2.66 bits per heavy atom. The summed E-state index contributed by atoms with van der Waals surface area (Å²) in [5, 5.41) is 0. The van der Waals surface area contributed by atoms with Crippen LogP contribution in [0, 0.1) is 0 Å². The molecule has 0 aliphatic carbocycles. The lowest BCUT2D eigenvalue weighted by molar-refractivity contribution is -0.131. The zero-order valence-corrected chi connectivity index (χ0v) is 16.5. The summed E-state index contributed by atoms with van der Waals surface area (Å²) in [5.74, 6) is 0.901. The van der Waals surface area contributed by atoms with Crippen LogP contribution < -0.4 is 15.2 Å². The van der Waals surface area contributed by atoms with Gasteiger partial charge in [0.05, 0.1) is 20.6 Å². The molecule has 2 aromatic heterocycles. The van der Waals surface area contributed by atoms with Crippen molar-refractivity contribution in [2.75, 3.05) is 27.3 Å². The van der Waals surface area contributed by atoms with Gasteiger partial charge in [-0.25, -0.2) is 9.78 Å². The van der Waals surface area contributed by atoms with Crippen LogP contribution in [0.25, 0.3) is 11.2 Å². The van der Waals surface area contributed by atoms with Crippen molar-refractivity contribution < 1.29 is 18.7 Å². The van der Waals surface area contributed by atoms with Gasteiger partial charge in [0.1, 0.15) is 0 Å². The molecule has 1 aromatic carbocycles. The second-order valence-corrected chi connectivity index (χ2v) is 7.04. The number of rotatable bonds is 5. The summed E-state index contributed by atoms with van der Waals surface area (Å²) in [7, 11) is 3.15. The van der Waals surface area contributed by atoms with Crippen LogP contribution in [0.4, 0.5) is 0 Å². The SMILES string of the molecule is COc1ccc(CC(=O)N2CCC(n3c(=O)oc4cccnc43)CC2)cc1OC. The molecule has 0 saturated carbocycles. The van der Waals surface area contributed by atoms with Gasteiger partial charge in [-0.1, -0.05) is 6.07 Å². The molecule has 152 valence electrons. The van der Waals surface area contributed by atoms with Gasteiger partial charge >= 0.3 is 5.76 Å². The minimum Gasteiger partial charge on any atom is -0.493 e. The molecule has 1 fully saturated rings. The van der Waals surface area contributed by atoms with Crippen LogP contribution in [-0.2, 0) is 11.2 Å². The van der Waals surface area contributed by atoms with E-state index in [1.165, 1.54) is 0 Å². The van der Waals surface area contributed by atoms with Crippen molar-refractivity contribution in [3.63, 3.8) is 0 Å². The first-order valence-electron chi connectivity index (χ1n) is 9.55. The van der Waals surface area contributed by atoms with E-state index in [1.54, 1.807) is 43.2 Å². The van der Waals surface area contributed by atoms with Crippen molar-refractivity contribution >= 4 is 17.1 Å². The Hall–Kier alpha value is -3.29. The number of pyridine rings is 1. The smallest absolute Gasteiger partial charge is 0.421 e. The number of piperidine rings is 1. The van der Waals surface area contributed by atoms with Crippen LogP contribution in [0.3, 0.4) is 0 Å².